The van der Waals surface area contributed by atoms with Gasteiger partial charge in [0, 0.05) is 37.2 Å². The van der Waals surface area contributed by atoms with E-state index in [1.807, 2.05) is 60.1 Å². The number of nitrogens with zero attached hydrogens (tertiary/aromatic N) is 2. The van der Waals surface area contributed by atoms with Crippen molar-refractivity contribution in [3.63, 3.8) is 0 Å². The molecule has 0 aliphatic carbocycles. The van der Waals surface area contributed by atoms with E-state index in [9.17, 15) is 9.59 Å². The first-order valence-corrected chi connectivity index (χ1v) is 8.71. The first-order valence-electron chi connectivity index (χ1n) is 8.71. The molecule has 6 nitrogen and oxygen atoms in total. The van der Waals surface area contributed by atoms with Gasteiger partial charge in [-0.05, 0) is 30.7 Å². The van der Waals surface area contributed by atoms with Crippen molar-refractivity contribution in [3.8, 4) is 11.4 Å². The number of aryl methyl sites for hydroxylation is 1. The van der Waals surface area contributed by atoms with E-state index in [0.717, 1.165) is 22.4 Å². The molecule has 2 aromatic carbocycles. The van der Waals surface area contributed by atoms with Crippen LogP contribution in [0.2, 0.25) is 0 Å². The second kappa shape index (κ2) is 6.63. The third kappa shape index (κ3) is 3.06. The molecule has 0 bridgehead atoms. The van der Waals surface area contributed by atoms with Crippen LogP contribution in [0.5, 0.6) is 0 Å². The van der Waals surface area contributed by atoms with Crippen molar-refractivity contribution in [2.75, 3.05) is 11.9 Å². The van der Waals surface area contributed by atoms with Crippen LogP contribution in [0, 0.1) is 5.92 Å². The number of hydrogen-bond donors (Lipinski definition) is 2. The van der Waals surface area contributed by atoms with Crippen LogP contribution in [0.1, 0.15) is 12.8 Å². The maximum absolute atomic E-state index is 12.5. The van der Waals surface area contributed by atoms with Gasteiger partial charge in [-0.2, -0.15) is 0 Å². The number of nitrogens with one attached hydrogen (secondary N) is 2. The summed E-state index contributed by atoms with van der Waals surface area (Å²) in [5.41, 5.74) is 3.64. The van der Waals surface area contributed by atoms with Crippen LogP contribution in [0.3, 0.4) is 0 Å². The van der Waals surface area contributed by atoms with Crippen LogP contribution in [0.15, 0.2) is 48.5 Å². The van der Waals surface area contributed by atoms with Gasteiger partial charge >= 0.3 is 0 Å². The summed E-state index contributed by atoms with van der Waals surface area (Å²) in [5.74, 6) is 0.398. The third-order valence-electron chi connectivity index (χ3n) is 4.79. The molecule has 4 rings (SSSR count). The van der Waals surface area contributed by atoms with Gasteiger partial charge in [-0.15, -0.1) is 0 Å². The van der Waals surface area contributed by atoms with Crippen LogP contribution >= 0.6 is 0 Å². The van der Waals surface area contributed by atoms with E-state index in [1.165, 1.54) is 0 Å². The Morgan fingerprint density at radius 3 is 2.88 bits per heavy atom. The van der Waals surface area contributed by atoms with E-state index < -0.39 is 0 Å². The number of para-hydroxylation sites is 2. The molecule has 1 fully saturated rings. The lowest BCUT2D eigenvalue weighted by molar-refractivity contribution is -0.129. The number of imidazole rings is 1. The fraction of sp³-hybridized carbons (Fsp3) is 0.250. The van der Waals surface area contributed by atoms with Crippen molar-refractivity contribution in [1.29, 1.82) is 0 Å². The molecule has 0 radical (unpaired) electrons. The normalized spacial score (nSPS) is 17.1. The number of aromatic nitrogens is 2. The zero-order chi connectivity index (χ0) is 18.1. The first kappa shape index (κ1) is 16.3. The summed E-state index contributed by atoms with van der Waals surface area (Å²) >= 11 is 0. The van der Waals surface area contributed by atoms with Gasteiger partial charge in [-0.25, -0.2) is 4.98 Å². The van der Waals surface area contributed by atoms with Gasteiger partial charge in [0.05, 0.1) is 11.0 Å². The molecule has 1 aromatic heterocycles. The molecule has 0 spiro atoms. The Morgan fingerprint density at radius 2 is 2.08 bits per heavy atom. The van der Waals surface area contributed by atoms with Crippen molar-refractivity contribution < 1.29 is 9.59 Å². The molecule has 2 N–H and O–H groups in total. The lowest BCUT2D eigenvalue weighted by Crippen LogP contribution is -2.38. The quantitative estimate of drug-likeness (QED) is 0.764. The van der Waals surface area contributed by atoms with Crippen LogP contribution < -0.4 is 10.6 Å². The minimum absolute atomic E-state index is 0.0650. The molecule has 1 saturated heterocycles. The van der Waals surface area contributed by atoms with Crippen LogP contribution in [0.4, 0.5) is 5.69 Å². The Morgan fingerprint density at radius 1 is 1.23 bits per heavy atom. The molecule has 6 heteroatoms. The lowest BCUT2D eigenvalue weighted by Gasteiger charge is -2.21. The molecule has 1 aliphatic rings. The molecular weight excluding hydrogens is 328 g/mol. The Hall–Kier alpha value is -3.15. The SMILES string of the molecule is Cn1c(-c2cccc(NC(=O)C3CCNC(=O)C3)c2)nc2ccccc21. The third-order valence-corrected chi connectivity index (χ3v) is 4.79. The van der Waals surface area contributed by atoms with Crippen LogP contribution in [-0.4, -0.2) is 27.9 Å². The summed E-state index contributed by atoms with van der Waals surface area (Å²) in [7, 11) is 1.98. The number of anilines is 1. The average molecular weight is 348 g/mol. The Balaban J connectivity index is 1.59. The van der Waals surface area contributed by atoms with E-state index in [-0.39, 0.29) is 24.2 Å². The number of benzene rings is 2. The largest absolute Gasteiger partial charge is 0.356 e. The minimum Gasteiger partial charge on any atom is -0.356 e. The smallest absolute Gasteiger partial charge is 0.228 e. The van der Waals surface area contributed by atoms with E-state index in [1.54, 1.807) is 0 Å². The van der Waals surface area contributed by atoms with Gasteiger partial charge in [-0.1, -0.05) is 24.3 Å². The van der Waals surface area contributed by atoms with Crippen molar-refractivity contribution in [3.05, 3.63) is 48.5 Å². The number of amides is 2. The molecule has 2 heterocycles. The summed E-state index contributed by atoms with van der Waals surface area (Å²) < 4.78 is 2.04. The predicted octanol–water partition coefficient (Wildman–Crippen LogP) is 2.71. The highest BCUT2D eigenvalue weighted by atomic mass is 16.2. The Kier molecular flexibility index (Phi) is 4.16. The average Bonchev–Trinajstić information content (AvgIpc) is 2.99. The monoisotopic (exact) mass is 348 g/mol. The Bertz CT molecular complexity index is 992. The molecule has 0 saturated carbocycles. The molecule has 3 aromatic rings. The highest BCUT2D eigenvalue weighted by Gasteiger charge is 2.25. The van der Waals surface area contributed by atoms with Crippen molar-refractivity contribution >= 4 is 28.5 Å². The second-order valence-electron chi connectivity index (χ2n) is 6.59. The highest BCUT2D eigenvalue weighted by molar-refractivity contribution is 5.96. The van der Waals surface area contributed by atoms with E-state index in [2.05, 4.69) is 10.6 Å². The lowest BCUT2D eigenvalue weighted by atomic mass is 9.96. The van der Waals surface area contributed by atoms with Crippen molar-refractivity contribution in [2.45, 2.75) is 12.8 Å². The molecule has 1 unspecified atom stereocenters. The maximum atomic E-state index is 12.5. The number of fused-ring (bicyclic) bond motifs is 1. The topological polar surface area (TPSA) is 76.0 Å². The van der Waals surface area contributed by atoms with Gasteiger partial charge in [-0.3, -0.25) is 9.59 Å². The predicted molar refractivity (Wildman–Crippen MR) is 101 cm³/mol. The van der Waals surface area contributed by atoms with Gasteiger partial charge in [0.1, 0.15) is 5.82 Å². The molecule has 26 heavy (non-hydrogen) atoms. The summed E-state index contributed by atoms with van der Waals surface area (Å²) in [6.45, 7) is 0.552. The number of carbonyl (C=O) groups is 2. The highest BCUT2D eigenvalue weighted by Crippen LogP contribution is 2.26. The fourth-order valence-electron chi connectivity index (χ4n) is 3.39. The van der Waals surface area contributed by atoms with E-state index in [0.29, 0.717) is 18.7 Å². The summed E-state index contributed by atoms with van der Waals surface area (Å²) in [6.07, 6.45) is 0.915. The van der Waals surface area contributed by atoms with Gasteiger partial charge in [0.15, 0.2) is 0 Å². The van der Waals surface area contributed by atoms with Crippen molar-refractivity contribution in [2.24, 2.45) is 13.0 Å². The second-order valence-corrected chi connectivity index (χ2v) is 6.59. The molecule has 2 amide bonds. The van der Waals surface area contributed by atoms with E-state index in [4.69, 9.17) is 4.98 Å². The van der Waals surface area contributed by atoms with Gasteiger partial charge < -0.3 is 15.2 Å². The van der Waals surface area contributed by atoms with E-state index >= 15 is 0 Å². The molecule has 132 valence electrons. The summed E-state index contributed by atoms with van der Waals surface area (Å²) in [5, 5.41) is 5.69. The standard InChI is InChI=1S/C20H20N4O2/c1-24-17-8-3-2-7-16(17)23-19(24)13-5-4-6-15(11-13)22-20(26)14-9-10-21-18(25)12-14/h2-8,11,14H,9-10,12H2,1H3,(H,21,25)(H,22,26). The van der Waals surface area contributed by atoms with Gasteiger partial charge in [0.25, 0.3) is 0 Å². The van der Waals surface area contributed by atoms with Crippen LogP contribution in [-0.2, 0) is 16.6 Å². The zero-order valence-corrected chi connectivity index (χ0v) is 14.5. The zero-order valence-electron chi connectivity index (χ0n) is 14.5. The number of carbonyl (C=O) groups excluding carboxylic acids is 2. The number of rotatable bonds is 3. The molecule has 1 atom stereocenters. The van der Waals surface area contributed by atoms with Crippen LogP contribution in [0.25, 0.3) is 22.4 Å². The van der Waals surface area contributed by atoms with Crippen molar-refractivity contribution in [1.82, 2.24) is 14.9 Å². The number of hydrogen-bond acceptors (Lipinski definition) is 3. The fourth-order valence-corrected chi connectivity index (χ4v) is 3.39. The Labute approximate surface area is 151 Å². The summed E-state index contributed by atoms with van der Waals surface area (Å²) in [4.78, 5) is 28.6. The molecule has 1 aliphatic heterocycles. The summed E-state index contributed by atoms with van der Waals surface area (Å²) in [6, 6.07) is 15.6. The first-order chi connectivity index (χ1) is 12.6. The molecular formula is C20H20N4O2. The maximum Gasteiger partial charge on any atom is 0.228 e. The van der Waals surface area contributed by atoms with Gasteiger partial charge in [0.2, 0.25) is 11.8 Å². The minimum atomic E-state index is -0.275. The number of piperidine rings is 1.